The van der Waals surface area contributed by atoms with Crippen molar-refractivity contribution in [3.8, 4) is 17.0 Å². The fourth-order valence-electron chi connectivity index (χ4n) is 2.83. The molecule has 2 aromatic heterocycles. The van der Waals surface area contributed by atoms with Gasteiger partial charge in [0.15, 0.2) is 0 Å². The van der Waals surface area contributed by atoms with Gasteiger partial charge in [0.05, 0.1) is 5.56 Å². The van der Waals surface area contributed by atoms with Crippen molar-refractivity contribution in [3.05, 3.63) is 65.4 Å². The molecule has 0 N–H and O–H groups in total. The van der Waals surface area contributed by atoms with Crippen LogP contribution in [0.4, 0.5) is 0 Å². The van der Waals surface area contributed by atoms with Gasteiger partial charge >= 0.3 is 5.97 Å². The molecule has 1 aliphatic carbocycles. The number of carbonyl (C=O) groups excluding carboxylic acids is 2. The Balaban J connectivity index is 1.53. The van der Waals surface area contributed by atoms with Crippen LogP contribution in [0.3, 0.4) is 0 Å². The van der Waals surface area contributed by atoms with Gasteiger partial charge in [-0.1, -0.05) is 18.2 Å². The van der Waals surface area contributed by atoms with E-state index in [9.17, 15) is 9.59 Å². The molecule has 5 rings (SSSR count). The number of aromatic nitrogens is 4. The molecule has 2 heterocycles. The highest BCUT2D eigenvalue weighted by atomic mass is 16.6. The van der Waals surface area contributed by atoms with E-state index in [1.807, 2.05) is 6.07 Å². The second-order valence-corrected chi connectivity index (χ2v) is 5.62. The van der Waals surface area contributed by atoms with Crippen molar-refractivity contribution < 1.29 is 19.0 Å². The third-order valence-electron chi connectivity index (χ3n) is 4.04. The lowest BCUT2D eigenvalue weighted by atomic mass is 10.1. The Morgan fingerprint density at radius 1 is 0.885 bits per heavy atom. The maximum Gasteiger partial charge on any atom is 0.343 e. The number of benzene rings is 2. The summed E-state index contributed by atoms with van der Waals surface area (Å²) in [6, 6.07) is 13.4. The second-order valence-electron chi connectivity index (χ2n) is 5.62. The SMILES string of the molecule is O=C(Oc1ccc2c(c1)C(=O)c1nc3nonc3nc1-2)c1ccccc1. The molecule has 0 fully saturated rings. The highest BCUT2D eigenvalue weighted by Gasteiger charge is 2.31. The van der Waals surface area contributed by atoms with Crippen LogP contribution in [0.5, 0.6) is 5.75 Å². The first-order valence-electron chi connectivity index (χ1n) is 7.67. The minimum Gasteiger partial charge on any atom is -0.423 e. The van der Waals surface area contributed by atoms with Crippen LogP contribution in [0.2, 0.25) is 0 Å². The van der Waals surface area contributed by atoms with Crippen LogP contribution >= 0.6 is 0 Å². The van der Waals surface area contributed by atoms with E-state index < -0.39 is 5.97 Å². The number of ketones is 1. The van der Waals surface area contributed by atoms with Crippen LogP contribution in [0.15, 0.2) is 53.2 Å². The van der Waals surface area contributed by atoms with Gasteiger partial charge in [0.1, 0.15) is 17.1 Å². The van der Waals surface area contributed by atoms with Crippen LogP contribution in [0, 0.1) is 0 Å². The van der Waals surface area contributed by atoms with Crippen LogP contribution < -0.4 is 4.74 Å². The lowest BCUT2D eigenvalue weighted by Crippen LogP contribution is -2.08. The Kier molecular flexibility index (Phi) is 2.93. The predicted molar refractivity (Wildman–Crippen MR) is 87.7 cm³/mol. The second kappa shape index (κ2) is 5.28. The molecule has 0 atom stereocenters. The van der Waals surface area contributed by atoms with E-state index in [1.165, 1.54) is 6.07 Å². The number of hydrogen-bond acceptors (Lipinski definition) is 8. The first-order chi connectivity index (χ1) is 12.7. The van der Waals surface area contributed by atoms with Crippen molar-refractivity contribution in [1.82, 2.24) is 20.3 Å². The Labute approximate surface area is 145 Å². The lowest BCUT2D eigenvalue weighted by Gasteiger charge is -2.06. The van der Waals surface area contributed by atoms with Gasteiger partial charge in [-0.3, -0.25) is 4.79 Å². The molecule has 0 unspecified atom stereocenters. The number of carbonyl (C=O) groups is 2. The molecule has 124 valence electrons. The highest BCUT2D eigenvalue weighted by Crippen LogP contribution is 2.36. The standard InChI is InChI=1S/C18H8N4O4/c23-15-12-8-10(25-18(24)9-4-2-1-3-5-9)6-7-11(12)13-14(15)20-17-16(19-13)21-26-22-17/h1-8H. The van der Waals surface area contributed by atoms with Gasteiger partial charge in [0.2, 0.25) is 17.1 Å². The largest absolute Gasteiger partial charge is 0.423 e. The number of fused-ring (bicyclic) bond motifs is 4. The van der Waals surface area contributed by atoms with E-state index in [0.29, 0.717) is 22.4 Å². The molecular formula is C18H8N4O4. The molecule has 8 nitrogen and oxygen atoms in total. The molecule has 0 aliphatic heterocycles. The number of ether oxygens (including phenoxy) is 1. The molecular weight excluding hydrogens is 336 g/mol. The summed E-state index contributed by atoms with van der Waals surface area (Å²) in [7, 11) is 0. The summed E-state index contributed by atoms with van der Waals surface area (Å²) in [5.41, 5.74) is 2.36. The van der Waals surface area contributed by atoms with E-state index >= 15 is 0 Å². The minimum atomic E-state index is -0.501. The van der Waals surface area contributed by atoms with E-state index in [-0.39, 0.29) is 28.5 Å². The molecule has 0 saturated heterocycles. The third kappa shape index (κ3) is 2.09. The molecule has 2 aromatic carbocycles. The maximum atomic E-state index is 12.6. The van der Waals surface area contributed by atoms with Crippen molar-refractivity contribution in [2.75, 3.05) is 0 Å². The zero-order valence-electron chi connectivity index (χ0n) is 13.0. The number of hydrogen-bond donors (Lipinski definition) is 0. The first-order valence-corrected chi connectivity index (χ1v) is 7.67. The van der Waals surface area contributed by atoms with Crippen LogP contribution in [-0.4, -0.2) is 32.0 Å². The third-order valence-corrected chi connectivity index (χ3v) is 4.04. The van der Waals surface area contributed by atoms with Gasteiger partial charge in [0.25, 0.3) is 0 Å². The number of nitrogens with zero attached hydrogens (tertiary/aromatic N) is 4. The molecule has 8 heteroatoms. The molecule has 1 aliphatic rings. The summed E-state index contributed by atoms with van der Waals surface area (Å²) in [4.78, 5) is 33.3. The fourth-order valence-corrected chi connectivity index (χ4v) is 2.83. The van der Waals surface area contributed by atoms with Crippen LogP contribution in [-0.2, 0) is 0 Å². The van der Waals surface area contributed by atoms with Gasteiger partial charge in [-0.05, 0) is 40.6 Å². The number of esters is 1. The summed E-state index contributed by atoms with van der Waals surface area (Å²) in [5.74, 6) is -0.549. The van der Waals surface area contributed by atoms with Crippen molar-refractivity contribution in [2.24, 2.45) is 0 Å². The summed E-state index contributed by atoms with van der Waals surface area (Å²) in [6.45, 7) is 0. The Morgan fingerprint density at radius 3 is 2.38 bits per heavy atom. The van der Waals surface area contributed by atoms with Crippen molar-refractivity contribution >= 4 is 23.0 Å². The van der Waals surface area contributed by atoms with Gasteiger partial charge in [-0.15, -0.1) is 0 Å². The zero-order valence-corrected chi connectivity index (χ0v) is 13.0. The van der Waals surface area contributed by atoms with Crippen LogP contribution in [0.1, 0.15) is 26.4 Å². The summed E-state index contributed by atoms with van der Waals surface area (Å²) >= 11 is 0. The van der Waals surface area contributed by atoms with Crippen molar-refractivity contribution in [1.29, 1.82) is 0 Å². The summed E-state index contributed by atoms with van der Waals surface area (Å²) in [6.07, 6.45) is 0. The maximum absolute atomic E-state index is 12.6. The molecule has 0 radical (unpaired) electrons. The Hall–Kier alpha value is -3.94. The highest BCUT2D eigenvalue weighted by molar-refractivity contribution is 6.20. The molecule has 0 saturated carbocycles. The van der Waals surface area contributed by atoms with Crippen molar-refractivity contribution in [2.45, 2.75) is 0 Å². The molecule has 0 bridgehead atoms. The fraction of sp³-hybridized carbons (Fsp3) is 0. The van der Waals surface area contributed by atoms with E-state index in [1.54, 1.807) is 36.4 Å². The lowest BCUT2D eigenvalue weighted by molar-refractivity contribution is 0.0734. The smallest absolute Gasteiger partial charge is 0.343 e. The van der Waals surface area contributed by atoms with E-state index in [2.05, 4.69) is 24.9 Å². The zero-order chi connectivity index (χ0) is 17.7. The van der Waals surface area contributed by atoms with E-state index in [0.717, 1.165) is 0 Å². The molecule has 0 spiro atoms. The quantitative estimate of drug-likeness (QED) is 0.355. The first kappa shape index (κ1) is 14.4. The Morgan fingerprint density at radius 2 is 1.62 bits per heavy atom. The molecule has 26 heavy (non-hydrogen) atoms. The normalized spacial score (nSPS) is 12.1. The van der Waals surface area contributed by atoms with Gasteiger partial charge in [-0.2, -0.15) is 0 Å². The summed E-state index contributed by atoms with van der Waals surface area (Å²) in [5, 5.41) is 7.25. The van der Waals surface area contributed by atoms with Gasteiger partial charge < -0.3 is 4.74 Å². The van der Waals surface area contributed by atoms with Gasteiger partial charge in [0, 0.05) is 11.1 Å². The molecule has 4 aromatic rings. The van der Waals surface area contributed by atoms with E-state index in [4.69, 9.17) is 4.74 Å². The van der Waals surface area contributed by atoms with Crippen molar-refractivity contribution in [3.63, 3.8) is 0 Å². The average Bonchev–Trinajstić information content (AvgIpc) is 3.24. The summed E-state index contributed by atoms with van der Waals surface area (Å²) < 4.78 is 9.94. The monoisotopic (exact) mass is 344 g/mol. The predicted octanol–water partition coefficient (Wildman–Crippen LogP) is 2.44. The Bertz CT molecular complexity index is 1200. The number of rotatable bonds is 2. The average molecular weight is 344 g/mol. The molecule has 0 amide bonds. The van der Waals surface area contributed by atoms with Crippen LogP contribution in [0.25, 0.3) is 22.6 Å². The minimum absolute atomic E-state index is 0.167. The van der Waals surface area contributed by atoms with Gasteiger partial charge in [-0.25, -0.2) is 19.4 Å². The topological polar surface area (TPSA) is 108 Å².